The molecule has 9 heteroatoms. The van der Waals surface area contributed by atoms with Crippen LogP contribution in [0.3, 0.4) is 0 Å². The van der Waals surface area contributed by atoms with Crippen molar-refractivity contribution in [2.45, 2.75) is 25.1 Å². The van der Waals surface area contributed by atoms with E-state index in [-0.39, 0.29) is 23.3 Å². The van der Waals surface area contributed by atoms with Crippen LogP contribution in [0.15, 0.2) is 48.5 Å². The van der Waals surface area contributed by atoms with Crippen molar-refractivity contribution < 1.29 is 19.2 Å². The third-order valence-corrected chi connectivity index (χ3v) is 5.15. The van der Waals surface area contributed by atoms with Crippen molar-refractivity contribution in [1.29, 1.82) is 0 Å². The number of benzene rings is 2. The van der Waals surface area contributed by atoms with Gasteiger partial charge in [-0.15, -0.1) is 0 Å². The third-order valence-electron chi connectivity index (χ3n) is 5.15. The predicted octanol–water partition coefficient (Wildman–Crippen LogP) is 2.16. The van der Waals surface area contributed by atoms with Crippen molar-refractivity contribution in [3.8, 4) is 0 Å². The number of hydrazine groups is 1. The largest absolute Gasteiger partial charge is 0.376 e. The highest BCUT2D eigenvalue weighted by Gasteiger charge is 2.38. The molecule has 2 aliphatic rings. The Kier molecular flexibility index (Phi) is 5.24. The maximum Gasteiger partial charge on any atom is 0.269 e. The van der Waals surface area contributed by atoms with Crippen molar-refractivity contribution in [2.75, 3.05) is 13.2 Å². The van der Waals surface area contributed by atoms with Gasteiger partial charge in [-0.1, -0.05) is 18.2 Å². The van der Waals surface area contributed by atoms with E-state index in [2.05, 4.69) is 10.9 Å². The molecule has 0 radical (unpaired) electrons. The van der Waals surface area contributed by atoms with E-state index in [9.17, 15) is 19.7 Å². The lowest BCUT2D eigenvalue weighted by Gasteiger charge is -2.28. The molecule has 0 spiro atoms. The number of nitro benzene ring substituents is 1. The molecule has 9 nitrogen and oxygen atoms in total. The average Bonchev–Trinajstić information content (AvgIpc) is 3.34. The molecule has 2 amide bonds. The summed E-state index contributed by atoms with van der Waals surface area (Å²) < 4.78 is 5.67. The minimum absolute atomic E-state index is 0.0251. The van der Waals surface area contributed by atoms with Crippen LogP contribution in [0.5, 0.6) is 0 Å². The lowest BCUT2D eigenvalue weighted by molar-refractivity contribution is -0.384. The number of hydrogen-bond acceptors (Lipinski definition) is 6. The van der Waals surface area contributed by atoms with Gasteiger partial charge in [-0.05, 0) is 31.0 Å². The lowest BCUT2D eigenvalue weighted by Crippen LogP contribution is -2.47. The zero-order valence-corrected chi connectivity index (χ0v) is 15.5. The number of nitrogens with zero attached hydrogens (tertiary/aromatic N) is 2. The van der Waals surface area contributed by atoms with Crippen molar-refractivity contribution in [3.63, 3.8) is 0 Å². The molecule has 0 aliphatic carbocycles. The molecule has 0 aromatic heterocycles. The smallest absolute Gasteiger partial charge is 0.269 e. The van der Waals surface area contributed by atoms with Crippen LogP contribution >= 0.6 is 0 Å². The number of ether oxygens (including phenoxy) is 1. The summed E-state index contributed by atoms with van der Waals surface area (Å²) in [6, 6.07) is 12.6. The van der Waals surface area contributed by atoms with Crippen molar-refractivity contribution in [2.24, 2.45) is 0 Å². The lowest BCUT2D eigenvalue weighted by atomic mass is 10.1. The number of non-ortho nitro benzene ring substituents is 1. The fourth-order valence-corrected chi connectivity index (χ4v) is 3.66. The minimum atomic E-state index is -0.524. The second kappa shape index (κ2) is 7.98. The number of nitro groups is 1. The van der Waals surface area contributed by atoms with E-state index in [4.69, 9.17) is 4.74 Å². The molecule has 2 aromatic carbocycles. The van der Waals surface area contributed by atoms with Gasteiger partial charge in [0.1, 0.15) is 6.17 Å². The molecule has 0 unspecified atom stereocenters. The summed E-state index contributed by atoms with van der Waals surface area (Å²) in [5, 5.41) is 10.8. The highest BCUT2D eigenvalue weighted by Crippen LogP contribution is 2.32. The first-order chi connectivity index (χ1) is 14.0. The number of fused-ring (bicyclic) bond motifs is 1. The Balaban J connectivity index is 1.49. The van der Waals surface area contributed by atoms with Gasteiger partial charge in [-0.25, -0.2) is 5.43 Å². The van der Waals surface area contributed by atoms with Crippen LogP contribution < -0.4 is 10.9 Å². The molecule has 0 bridgehead atoms. The van der Waals surface area contributed by atoms with Crippen LogP contribution in [0, 0.1) is 10.1 Å². The number of rotatable bonds is 6. The summed E-state index contributed by atoms with van der Waals surface area (Å²) in [6.07, 6.45) is 1.31. The quantitative estimate of drug-likeness (QED) is 0.571. The standard InChI is InChI=1S/C20H20N4O5/c25-19(13-7-9-14(10-8-13)24(27)28)22-21-18-16-5-1-2-6-17(16)20(26)23(18)12-15-4-3-11-29-15/h1-2,5-10,15,18,21H,3-4,11-12H2,(H,22,25)/t15-,18-/m1/s1. The Bertz CT molecular complexity index is 940. The summed E-state index contributed by atoms with van der Waals surface area (Å²) >= 11 is 0. The van der Waals surface area contributed by atoms with Gasteiger partial charge in [0.2, 0.25) is 0 Å². The van der Waals surface area contributed by atoms with Gasteiger partial charge in [0.05, 0.1) is 11.0 Å². The van der Waals surface area contributed by atoms with Crippen LogP contribution in [0.25, 0.3) is 0 Å². The summed E-state index contributed by atoms with van der Waals surface area (Å²) in [7, 11) is 0. The van der Waals surface area contributed by atoms with E-state index in [1.54, 1.807) is 17.0 Å². The average molecular weight is 396 g/mol. The maximum atomic E-state index is 12.9. The molecule has 2 heterocycles. The Morgan fingerprint density at radius 2 is 1.97 bits per heavy atom. The van der Waals surface area contributed by atoms with E-state index in [0.29, 0.717) is 18.7 Å². The Hall–Kier alpha value is -3.30. The molecule has 1 saturated heterocycles. The first-order valence-electron chi connectivity index (χ1n) is 9.36. The fraction of sp³-hybridized carbons (Fsp3) is 0.300. The van der Waals surface area contributed by atoms with E-state index in [1.807, 2.05) is 12.1 Å². The first-order valence-corrected chi connectivity index (χ1v) is 9.36. The Labute approximate surface area is 166 Å². The molecule has 2 aliphatic heterocycles. The normalized spacial score (nSPS) is 20.6. The highest BCUT2D eigenvalue weighted by atomic mass is 16.6. The summed E-state index contributed by atoms with van der Waals surface area (Å²) in [5.74, 6) is -0.563. The van der Waals surface area contributed by atoms with Crippen LogP contribution in [-0.2, 0) is 4.74 Å². The molecule has 4 rings (SSSR count). The van der Waals surface area contributed by atoms with E-state index >= 15 is 0 Å². The molecule has 2 N–H and O–H groups in total. The maximum absolute atomic E-state index is 12.9. The highest BCUT2D eigenvalue weighted by molar-refractivity contribution is 5.99. The number of amides is 2. The van der Waals surface area contributed by atoms with Crippen LogP contribution in [-0.4, -0.2) is 40.9 Å². The van der Waals surface area contributed by atoms with E-state index < -0.39 is 17.0 Å². The van der Waals surface area contributed by atoms with Crippen LogP contribution in [0.4, 0.5) is 5.69 Å². The van der Waals surface area contributed by atoms with E-state index in [1.165, 1.54) is 24.3 Å². The van der Waals surface area contributed by atoms with Crippen LogP contribution in [0.1, 0.15) is 45.3 Å². The van der Waals surface area contributed by atoms with Gasteiger partial charge >= 0.3 is 0 Å². The molecule has 150 valence electrons. The Morgan fingerprint density at radius 1 is 1.21 bits per heavy atom. The molecule has 1 fully saturated rings. The molecular weight excluding hydrogens is 376 g/mol. The predicted molar refractivity (Wildman–Crippen MR) is 103 cm³/mol. The second-order valence-electron chi connectivity index (χ2n) is 6.98. The fourth-order valence-electron chi connectivity index (χ4n) is 3.66. The zero-order chi connectivity index (χ0) is 20.4. The van der Waals surface area contributed by atoms with Gasteiger partial charge in [-0.2, -0.15) is 0 Å². The summed E-state index contributed by atoms with van der Waals surface area (Å²) in [6.45, 7) is 1.12. The van der Waals surface area contributed by atoms with Crippen molar-refractivity contribution >= 4 is 17.5 Å². The molecule has 0 saturated carbocycles. The van der Waals surface area contributed by atoms with Gasteiger partial charge in [0.25, 0.3) is 17.5 Å². The van der Waals surface area contributed by atoms with Gasteiger partial charge in [0, 0.05) is 42.0 Å². The Morgan fingerprint density at radius 3 is 2.66 bits per heavy atom. The van der Waals surface area contributed by atoms with Gasteiger partial charge < -0.3 is 9.64 Å². The first kappa shape index (κ1) is 19.0. The van der Waals surface area contributed by atoms with Crippen molar-refractivity contribution in [1.82, 2.24) is 15.8 Å². The number of carbonyl (C=O) groups excluding carboxylic acids is 2. The topological polar surface area (TPSA) is 114 Å². The summed E-state index contributed by atoms with van der Waals surface area (Å²) in [4.78, 5) is 37.2. The molecule has 2 aromatic rings. The van der Waals surface area contributed by atoms with E-state index in [0.717, 1.165) is 18.4 Å². The molecule has 2 atom stereocenters. The van der Waals surface area contributed by atoms with Crippen molar-refractivity contribution in [3.05, 3.63) is 75.3 Å². The number of nitrogens with one attached hydrogen (secondary N) is 2. The van der Waals surface area contributed by atoms with Gasteiger partial charge in [-0.3, -0.25) is 25.1 Å². The second-order valence-corrected chi connectivity index (χ2v) is 6.98. The number of hydrogen-bond donors (Lipinski definition) is 2. The summed E-state index contributed by atoms with van der Waals surface area (Å²) in [5.41, 5.74) is 7.10. The molecule has 29 heavy (non-hydrogen) atoms. The van der Waals surface area contributed by atoms with Gasteiger partial charge in [0.15, 0.2) is 0 Å². The third kappa shape index (κ3) is 3.82. The molecular formula is C20H20N4O5. The number of carbonyl (C=O) groups is 2. The SMILES string of the molecule is O=C(NN[C@H]1c2ccccc2C(=O)N1C[C@H]1CCCO1)c1ccc([N+](=O)[O-])cc1. The zero-order valence-electron chi connectivity index (χ0n) is 15.5. The monoisotopic (exact) mass is 396 g/mol. The minimum Gasteiger partial charge on any atom is -0.376 e. The van der Waals surface area contributed by atoms with Crippen LogP contribution in [0.2, 0.25) is 0 Å².